The molecule has 0 fully saturated rings. The lowest BCUT2D eigenvalue weighted by atomic mass is 10.1. The Hall–Kier alpha value is -2.40. The Morgan fingerprint density at radius 1 is 1.21 bits per heavy atom. The maximum Gasteiger partial charge on any atom is 0.224 e. The molecule has 2 aromatic carbocycles. The number of amides is 1. The van der Waals surface area contributed by atoms with Crippen LogP contribution in [0.25, 0.3) is 10.2 Å². The van der Waals surface area contributed by atoms with Gasteiger partial charge >= 0.3 is 0 Å². The summed E-state index contributed by atoms with van der Waals surface area (Å²) >= 11 is 1.68. The van der Waals surface area contributed by atoms with E-state index in [9.17, 15) is 4.79 Å². The zero-order chi connectivity index (χ0) is 16.9. The van der Waals surface area contributed by atoms with E-state index in [1.54, 1.807) is 18.4 Å². The number of hydrogen-bond acceptors (Lipinski definition) is 4. The van der Waals surface area contributed by atoms with Gasteiger partial charge in [0.2, 0.25) is 5.91 Å². The second-order valence-corrected chi connectivity index (χ2v) is 6.85. The molecule has 1 heterocycles. The zero-order valence-corrected chi connectivity index (χ0v) is 14.6. The molecule has 1 atom stereocenters. The maximum atomic E-state index is 12.3. The van der Waals surface area contributed by atoms with Gasteiger partial charge in [-0.3, -0.25) is 4.79 Å². The third-order valence-electron chi connectivity index (χ3n) is 3.77. The Bertz CT molecular complexity index is 811. The molecule has 0 aliphatic heterocycles. The minimum atomic E-state index is -0.00638. The van der Waals surface area contributed by atoms with Crippen molar-refractivity contribution < 1.29 is 9.53 Å². The van der Waals surface area contributed by atoms with Crippen LogP contribution in [0.15, 0.2) is 48.5 Å². The molecule has 0 saturated heterocycles. The first-order valence-electron chi connectivity index (χ1n) is 7.91. The lowest BCUT2D eigenvalue weighted by Crippen LogP contribution is -2.35. The number of nitrogens with one attached hydrogen (secondary N) is 1. The van der Waals surface area contributed by atoms with E-state index in [0.717, 1.165) is 28.3 Å². The number of rotatable bonds is 6. The molecular formula is C19H20N2O2S. The van der Waals surface area contributed by atoms with Gasteiger partial charge in [0.05, 0.1) is 28.8 Å². The first-order valence-corrected chi connectivity index (χ1v) is 8.73. The van der Waals surface area contributed by atoms with Gasteiger partial charge in [-0.05, 0) is 25.1 Å². The molecular weight excluding hydrogens is 320 g/mol. The van der Waals surface area contributed by atoms with E-state index in [4.69, 9.17) is 4.74 Å². The monoisotopic (exact) mass is 340 g/mol. The number of carbonyl (C=O) groups is 1. The van der Waals surface area contributed by atoms with Crippen LogP contribution in [0.1, 0.15) is 17.5 Å². The summed E-state index contributed by atoms with van der Waals surface area (Å²) < 4.78 is 6.47. The van der Waals surface area contributed by atoms with E-state index >= 15 is 0 Å². The van der Waals surface area contributed by atoms with Crippen molar-refractivity contribution in [3.05, 3.63) is 59.1 Å². The van der Waals surface area contributed by atoms with Crippen LogP contribution in [0, 0.1) is 0 Å². The number of ether oxygens (including phenoxy) is 1. The first kappa shape index (κ1) is 16.5. The lowest BCUT2D eigenvalue weighted by molar-refractivity contribution is -0.121. The van der Waals surface area contributed by atoms with Crippen molar-refractivity contribution in [1.29, 1.82) is 0 Å². The van der Waals surface area contributed by atoms with Gasteiger partial charge in [0.1, 0.15) is 5.75 Å². The topological polar surface area (TPSA) is 51.2 Å². The quantitative estimate of drug-likeness (QED) is 0.746. The molecule has 0 saturated carbocycles. The molecule has 4 nitrogen and oxygen atoms in total. The fraction of sp³-hybridized carbons (Fsp3) is 0.263. The summed E-state index contributed by atoms with van der Waals surface area (Å²) in [5.41, 5.74) is 1.91. The van der Waals surface area contributed by atoms with Crippen molar-refractivity contribution in [1.82, 2.24) is 10.3 Å². The molecule has 3 aromatic rings. The second kappa shape index (κ2) is 7.45. The van der Waals surface area contributed by atoms with Gasteiger partial charge in [0, 0.05) is 18.0 Å². The molecule has 0 spiro atoms. The Kier molecular flexibility index (Phi) is 5.11. The van der Waals surface area contributed by atoms with Crippen LogP contribution in [0.4, 0.5) is 0 Å². The van der Waals surface area contributed by atoms with E-state index in [2.05, 4.69) is 16.4 Å². The van der Waals surface area contributed by atoms with Crippen molar-refractivity contribution in [2.75, 3.05) is 7.11 Å². The van der Waals surface area contributed by atoms with E-state index in [0.29, 0.717) is 6.42 Å². The summed E-state index contributed by atoms with van der Waals surface area (Å²) in [6.45, 7) is 2.01. The number of methoxy groups -OCH3 is 1. The SMILES string of the molecule is COc1ccccc1CC(=O)N[C@@H](C)Cc1nc2ccccc2s1. The molecule has 5 heteroatoms. The van der Waals surface area contributed by atoms with Crippen LogP contribution in [0.5, 0.6) is 5.75 Å². The third-order valence-corrected chi connectivity index (χ3v) is 4.83. The minimum absolute atomic E-state index is 0.00638. The van der Waals surface area contributed by atoms with Crippen LogP contribution in [0.3, 0.4) is 0 Å². The van der Waals surface area contributed by atoms with Crippen molar-refractivity contribution in [2.45, 2.75) is 25.8 Å². The normalized spacial score (nSPS) is 12.1. The van der Waals surface area contributed by atoms with Gasteiger partial charge in [-0.15, -0.1) is 11.3 Å². The molecule has 124 valence electrons. The number of nitrogens with zero attached hydrogens (tertiary/aromatic N) is 1. The number of carbonyl (C=O) groups excluding carboxylic acids is 1. The lowest BCUT2D eigenvalue weighted by Gasteiger charge is -2.13. The highest BCUT2D eigenvalue weighted by molar-refractivity contribution is 7.18. The number of thiazole rings is 1. The summed E-state index contributed by atoms with van der Waals surface area (Å²) in [7, 11) is 1.62. The van der Waals surface area contributed by atoms with E-state index < -0.39 is 0 Å². The Balaban J connectivity index is 1.59. The number of aromatic nitrogens is 1. The number of fused-ring (bicyclic) bond motifs is 1. The summed E-state index contributed by atoms with van der Waals surface area (Å²) in [4.78, 5) is 16.9. The number of para-hydroxylation sites is 2. The van der Waals surface area contributed by atoms with Crippen LogP contribution >= 0.6 is 11.3 Å². The number of hydrogen-bond donors (Lipinski definition) is 1. The average molecular weight is 340 g/mol. The fourth-order valence-electron chi connectivity index (χ4n) is 2.67. The van der Waals surface area contributed by atoms with E-state index in [1.807, 2.05) is 49.4 Å². The fourth-order valence-corrected chi connectivity index (χ4v) is 3.76. The molecule has 24 heavy (non-hydrogen) atoms. The number of benzene rings is 2. The van der Waals surface area contributed by atoms with Gasteiger partial charge in [-0.1, -0.05) is 30.3 Å². The highest BCUT2D eigenvalue weighted by Gasteiger charge is 2.13. The highest BCUT2D eigenvalue weighted by atomic mass is 32.1. The predicted molar refractivity (Wildman–Crippen MR) is 97.6 cm³/mol. The third kappa shape index (κ3) is 3.92. The van der Waals surface area contributed by atoms with Gasteiger partial charge in [-0.25, -0.2) is 4.98 Å². The highest BCUT2D eigenvalue weighted by Crippen LogP contribution is 2.22. The van der Waals surface area contributed by atoms with Crippen molar-refractivity contribution in [3.8, 4) is 5.75 Å². The Morgan fingerprint density at radius 2 is 1.96 bits per heavy atom. The predicted octanol–water partition coefficient (Wildman–Crippen LogP) is 3.59. The summed E-state index contributed by atoms with van der Waals surface area (Å²) in [5.74, 6) is 0.736. The summed E-state index contributed by atoms with van der Waals surface area (Å²) in [6.07, 6.45) is 1.05. The van der Waals surface area contributed by atoms with Gasteiger partial charge in [-0.2, -0.15) is 0 Å². The average Bonchev–Trinajstić information content (AvgIpc) is 2.97. The summed E-state index contributed by atoms with van der Waals surface area (Å²) in [6, 6.07) is 15.7. The van der Waals surface area contributed by atoms with Gasteiger partial charge < -0.3 is 10.1 Å². The molecule has 0 aliphatic carbocycles. The van der Waals surface area contributed by atoms with E-state index in [-0.39, 0.29) is 11.9 Å². The largest absolute Gasteiger partial charge is 0.496 e. The van der Waals surface area contributed by atoms with E-state index in [1.165, 1.54) is 4.70 Å². The molecule has 1 aromatic heterocycles. The summed E-state index contributed by atoms with van der Waals surface area (Å²) in [5, 5.41) is 4.09. The van der Waals surface area contributed by atoms with Crippen molar-refractivity contribution in [2.24, 2.45) is 0 Å². The van der Waals surface area contributed by atoms with Crippen LogP contribution in [-0.4, -0.2) is 24.0 Å². The molecule has 0 radical (unpaired) electrons. The minimum Gasteiger partial charge on any atom is -0.496 e. The molecule has 1 amide bonds. The smallest absolute Gasteiger partial charge is 0.224 e. The van der Waals surface area contributed by atoms with Crippen molar-refractivity contribution in [3.63, 3.8) is 0 Å². The Labute approximate surface area is 145 Å². The maximum absolute atomic E-state index is 12.3. The molecule has 0 aliphatic rings. The zero-order valence-electron chi connectivity index (χ0n) is 13.8. The molecule has 1 N–H and O–H groups in total. The standard InChI is InChI=1S/C19H20N2O2S/c1-13(11-19-21-15-8-4-6-10-17(15)24-19)20-18(22)12-14-7-3-5-9-16(14)23-2/h3-10,13H,11-12H2,1-2H3,(H,20,22)/t13-/m0/s1. The molecule has 0 bridgehead atoms. The van der Waals surface area contributed by atoms with Crippen molar-refractivity contribution >= 4 is 27.5 Å². The Morgan fingerprint density at radius 3 is 2.75 bits per heavy atom. The first-order chi connectivity index (χ1) is 11.7. The van der Waals surface area contributed by atoms with Crippen LogP contribution < -0.4 is 10.1 Å². The van der Waals surface area contributed by atoms with Crippen LogP contribution in [0.2, 0.25) is 0 Å². The molecule has 3 rings (SSSR count). The van der Waals surface area contributed by atoms with Crippen LogP contribution in [-0.2, 0) is 17.6 Å². The van der Waals surface area contributed by atoms with Gasteiger partial charge in [0.25, 0.3) is 0 Å². The van der Waals surface area contributed by atoms with Gasteiger partial charge in [0.15, 0.2) is 0 Å². The molecule has 0 unspecified atom stereocenters. The second-order valence-electron chi connectivity index (χ2n) is 5.74.